The fraction of sp³-hybridized carbons (Fsp3) is 0.130. The van der Waals surface area contributed by atoms with E-state index < -0.39 is 0 Å². The molecule has 0 spiro atoms. The van der Waals surface area contributed by atoms with Gasteiger partial charge in [-0.1, -0.05) is 42.5 Å². The molecule has 5 rings (SSSR count). The van der Waals surface area contributed by atoms with Crippen LogP contribution in [0.5, 0.6) is 0 Å². The van der Waals surface area contributed by atoms with Crippen molar-refractivity contribution < 1.29 is 0 Å². The number of nitrogens with zero attached hydrogens (tertiary/aromatic N) is 2. The number of hydrogen-bond donors (Lipinski definition) is 2. The Kier molecular flexibility index (Phi) is 3.95. The van der Waals surface area contributed by atoms with Crippen molar-refractivity contribution in [1.29, 1.82) is 0 Å². The largest absolute Gasteiger partial charge is 0.347 e. The maximum atomic E-state index is 12.9. The number of rotatable bonds is 4. The minimum absolute atomic E-state index is 0.176. The van der Waals surface area contributed by atoms with Gasteiger partial charge in [0.25, 0.3) is 5.56 Å². The first kappa shape index (κ1) is 16.7. The van der Waals surface area contributed by atoms with Crippen LogP contribution in [0, 0.1) is 0 Å². The van der Waals surface area contributed by atoms with E-state index in [1.165, 1.54) is 0 Å². The Hall–Kier alpha value is -3.44. The Balaban J connectivity index is 1.75. The van der Waals surface area contributed by atoms with Crippen LogP contribution in [0.15, 0.2) is 71.7 Å². The van der Waals surface area contributed by atoms with Gasteiger partial charge >= 0.3 is 0 Å². The summed E-state index contributed by atoms with van der Waals surface area (Å²) >= 11 is 0. The topological polar surface area (TPSA) is 76.7 Å². The molecule has 5 heteroatoms. The monoisotopic (exact) mass is 368 g/mol. The van der Waals surface area contributed by atoms with Crippen LogP contribution in [-0.4, -0.2) is 21.1 Å². The number of benzene rings is 3. The van der Waals surface area contributed by atoms with Crippen LogP contribution in [0.2, 0.25) is 0 Å². The number of aromatic nitrogens is 3. The molecule has 0 aliphatic heterocycles. The Morgan fingerprint density at radius 3 is 2.57 bits per heavy atom. The van der Waals surface area contributed by atoms with Crippen molar-refractivity contribution in [2.75, 3.05) is 6.54 Å². The quantitative estimate of drug-likeness (QED) is 0.470. The van der Waals surface area contributed by atoms with Gasteiger partial charge < -0.3 is 15.3 Å². The highest BCUT2D eigenvalue weighted by Gasteiger charge is 2.15. The molecule has 0 radical (unpaired) electrons. The summed E-state index contributed by atoms with van der Waals surface area (Å²) < 4.78 is 2.16. The van der Waals surface area contributed by atoms with E-state index in [1.807, 2.05) is 54.7 Å². The molecular formula is C23H20N4O. The van der Waals surface area contributed by atoms with Crippen molar-refractivity contribution in [2.24, 2.45) is 5.73 Å². The lowest BCUT2D eigenvalue weighted by Gasteiger charge is -2.04. The van der Waals surface area contributed by atoms with Gasteiger partial charge in [0.15, 0.2) is 0 Å². The van der Waals surface area contributed by atoms with Gasteiger partial charge in [-0.15, -0.1) is 0 Å². The van der Waals surface area contributed by atoms with Crippen molar-refractivity contribution in [3.8, 4) is 11.3 Å². The third-order valence-electron chi connectivity index (χ3n) is 5.21. The molecule has 0 amide bonds. The standard InChI is InChI=1S/C23H20N4O/c24-10-5-11-27-14-18(17-8-3-4-9-21(17)27)22-23(28)26-20-13-16-7-2-1-6-15(16)12-19(20)25-22/h1-4,6-9,12-14H,5,10-11,24H2,(H,26,28). The van der Waals surface area contributed by atoms with Gasteiger partial charge in [0.05, 0.1) is 11.0 Å². The second-order valence-corrected chi connectivity index (χ2v) is 7.03. The predicted molar refractivity (Wildman–Crippen MR) is 114 cm³/mol. The van der Waals surface area contributed by atoms with Crippen molar-refractivity contribution >= 4 is 32.7 Å². The maximum Gasteiger partial charge on any atom is 0.275 e. The summed E-state index contributed by atoms with van der Waals surface area (Å²) in [5, 5.41) is 3.21. The van der Waals surface area contributed by atoms with Crippen molar-refractivity contribution in [3.05, 3.63) is 77.2 Å². The summed E-state index contributed by atoms with van der Waals surface area (Å²) in [6, 6.07) is 20.2. The molecule has 2 heterocycles. The Bertz CT molecular complexity index is 1380. The molecule has 0 fully saturated rings. The van der Waals surface area contributed by atoms with Crippen LogP contribution < -0.4 is 11.3 Å². The van der Waals surface area contributed by atoms with Gasteiger partial charge in [-0.3, -0.25) is 4.79 Å². The average Bonchev–Trinajstić information content (AvgIpc) is 3.09. The molecule has 0 atom stereocenters. The van der Waals surface area contributed by atoms with Crippen LogP contribution in [0.1, 0.15) is 6.42 Å². The van der Waals surface area contributed by atoms with Gasteiger partial charge in [0, 0.05) is 29.2 Å². The minimum Gasteiger partial charge on any atom is -0.347 e. The highest BCUT2D eigenvalue weighted by Crippen LogP contribution is 2.29. The molecule has 3 N–H and O–H groups in total. The van der Waals surface area contributed by atoms with Crippen LogP contribution >= 0.6 is 0 Å². The molecule has 0 saturated heterocycles. The zero-order valence-corrected chi connectivity index (χ0v) is 15.4. The van der Waals surface area contributed by atoms with Crippen LogP contribution in [0.3, 0.4) is 0 Å². The Morgan fingerprint density at radius 2 is 1.75 bits per heavy atom. The number of aryl methyl sites for hydroxylation is 1. The van der Waals surface area contributed by atoms with E-state index >= 15 is 0 Å². The molecule has 138 valence electrons. The molecule has 5 aromatic rings. The highest BCUT2D eigenvalue weighted by molar-refractivity contribution is 5.98. The van der Waals surface area contributed by atoms with E-state index in [1.54, 1.807) is 0 Å². The molecule has 0 aliphatic carbocycles. The Morgan fingerprint density at radius 1 is 1.00 bits per heavy atom. The second-order valence-electron chi connectivity index (χ2n) is 7.03. The van der Waals surface area contributed by atoms with Crippen LogP contribution in [0.4, 0.5) is 0 Å². The third-order valence-corrected chi connectivity index (χ3v) is 5.21. The first-order valence-corrected chi connectivity index (χ1v) is 9.46. The van der Waals surface area contributed by atoms with Crippen LogP contribution in [-0.2, 0) is 6.54 Å². The number of fused-ring (bicyclic) bond motifs is 3. The molecule has 0 bridgehead atoms. The normalized spacial score (nSPS) is 11.6. The van der Waals surface area contributed by atoms with Crippen molar-refractivity contribution in [1.82, 2.24) is 14.5 Å². The summed E-state index contributed by atoms with van der Waals surface area (Å²) in [6.45, 7) is 1.44. The average molecular weight is 368 g/mol. The van der Waals surface area contributed by atoms with E-state index in [0.29, 0.717) is 12.2 Å². The summed E-state index contributed by atoms with van der Waals surface area (Å²) in [4.78, 5) is 20.7. The van der Waals surface area contributed by atoms with Crippen molar-refractivity contribution in [3.63, 3.8) is 0 Å². The van der Waals surface area contributed by atoms with Crippen LogP contribution in [0.25, 0.3) is 44.0 Å². The highest BCUT2D eigenvalue weighted by atomic mass is 16.1. The summed E-state index contributed by atoms with van der Waals surface area (Å²) in [6.07, 6.45) is 2.90. The minimum atomic E-state index is -0.176. The molecular weight excluding hydrogens is 348 g/mol. The van der Waals surface area contributed by atoms with E-state index in [4.69, 9.17) is 10.7 Å². The van der Waals surface area contributed by atoms with Gasteiger partial charge in [0.2, 0.25) is 0 Å². The van der Waals surface area contributed by atoms with Gasteiger partial charge in [-0.2, -0.15) is 0 Å². The summed E-state index contributed by atoms with van der Waals surface area (Å²) in [7, 11) is 0. The number of H-pyrrole nitrogens is 1. The smallest absolute Gasteiger partial charge is 0.275 e. The molecule has 3 aromatic carbocycles. The fourth-order valence-electron chi connectivity index (χ4n) is 3.84. The lowest BCUT2D eigenvalue weighted by molar-refractivity contribution is 0.671. The van der Waals surface area contributed by atoms with E-state index in [0.717, 1.165) is 51.2 Å². The van der Waals surface area contributed by atoms with Crippen molar-refractivity contribution in [2.45, 2.75) is 13.0 Å². The number of hydrogen-bond acceptors (Lipinski definition) is 3. The lowest BCUT2D eigenvalue weighted by Crippen LogP contribution is -2.11. The van der Waals surface area contributed by atoms with E-state index in [-0.39, 0.29) is 5.56 Å². The molecule has 0 unspecified atom stereocenters. The zero-order chi connectivity index (χ0) is 19.1. The molecule has 5 nitrogen and oxygen atoms in total. The molecule has 2 aromatic heterocycles. The van der Waals surface area contributed by atoms with E-state index in [2.05, 4.69) is 21.7 Å². The predicted octanol–water partition coefficient (Wildman–Crippen LogP) is 4.05. The summed E-state index contributed by atoms with van der Waals surface area (Å²) in [5.74, 6) is 0. The van der Waals surface area contributed by atoms with E-state index in [9.17, 15) is 4.79 Å². The number of para-hydroxylation sites is 1. The zero-order valence-electron chi connectivity index (χ0n) is 15.4. The van der Waals surface area contributed by atoms with Gasteiger partial charge in [-0.05, 0) is 41.9 Å². The number of nitrogens with two attached hydrogens (primary N) is 1. The number of aromatic amines is 1. The molecule has 0 aliphatic rings. The second kappa shape index (κ2) is 6.62. The summed E-state index contributed by atoms with van der Waals surface area (Å²) in [5.41, 5.74) is 9.44. The molecule has 28 heavy (non-hydrogen) atoms. The molecule has 0 saturated carbocycles. The number of nitrogens with one attached hydrogen (secondary N) is 1. The fourth-order valence-corrected chi connectivity index (χ4v) is 3.84. The first-order valence-electron chi connectivity index (χ1n) is 9.46. The lowest BCUT2D eigenvalue weighted by atomic mass is 10.1. The third kappa shape index (κ3) is 2.68. The SMILES string of the molecule is NCCCn1cc(-c2nc3cc4ccccc4cc3[nH]c2=O)c2ccccc21. The first-order chi connectivity index (χ1) is 13.7. The van der Waals surface area contributed by atoms with Gasteiger partial charge in [0.1, 0.15) is 5.69 Å². The van der Waals surface area contributed by atoms with Gasteiger partial charge in [-0.25, -0.2) is 4.98 Å². The Labute approximate surface area is 161 Å². The maximum absolute atomic E-state index is 12.9.